The van der Waals surface area contributed by atoms with Crippen molar-refractivity contribution in [2.45, 2.75) is 26.7 Å². The highest BCUT2D eigenvalue weighted by Gasteiger charge is 2.20. The summed E-state index contributed by atoms with van der Waals surface area (Å²) in [6.45, 7) is 4.48. The van der Waals surface area contributed by atoms with Gasteiger partial charge in [0.05, 0.1) is 23.7 Å². The van der Waals surface area contributed by atoms with Crippen LogP contribution in [0.4, 0.5) is 0 Å². The van der Waals surface area contributed by atoms with Gasteiger partial charge in [0.25, 0.3) is 0 Å². The van der Waals surface area contributed by atoms with E-state index in [0.29, 0.717) is 17.4 Å². The van der Waals surface area contributed by atoms with Crippen molar-refractivity contribution < 1.29 is 4.74 Å². The van der Waals surface area contributed by atoms with Crippen LogP contribution in [0.15, 0.2) is 18.5 Å². The van der Waals surface area contributed by atoms with Gasteiger partial charge >= 0.3 is 0 Å². The van der Waals surface area contributed by atoms with Gasteiger partial charge in [-0.15, -0.1) is 0 Å². The molecule has 5 heteroatoms. The van der Waals surface area contributed by atoms with Crippen LogP contribution < -0.4 is 10.5 Å². The third kappa shape index (κ3) is 4.61. The SMILES string of the molecule is CC(C)(CCCOc1cncc(Cl)c1)C(=N)N. The molecule has 0 spiro atoms. The van der Waals surface area contributed by atoms with E-state index in [1.165, 1.54) is 0 Å². The number of nitrogens with one attached hydrogen (secondary N) is 1. The predicted molar refractivity (Wildman–Crippen MR) is 69.7 cm³/mol. The number of rotatable bonds is 6. The third-order valence-electron chi connectivity index (χ3n) is 2.62. The lowest BCUT2D eigenvalue weighted by molar-refractivity contribution is 0.286. The zero-order valence-electron chi connectivity index (χ0n) is 10.2. The van der Waals surface area contributed by atoms with Gasteiger partial charge in [0.2, 0.25) is 0 Å². The zero-order chi connectivity index (χ0) is 12.9. The Hall–Kier alpha value is -1.29. The van der Waals surface area contributed by atoms with Crippen LogP contribution in [0.1, 0.15) is 26.7 Å². The summed E-state index contributed by atoms with van der Waals surface area (Å²) in [5, 5.41) is 8.00. The van der Waals surface area contributed by atoms with Gasteiger partial charge in [-0.25, -0.2) is 0 Å². The fourth-order valence-electron chi connectivity index (χ4n) is 1.31. The van der Waals surface area contributed by atoms with Crippen molar-refractivity contribution in [2.75, 3.05) is 6.61 Å². The molecule has 0 aromatic carbocycles. The Balaban J connectivity index is 2.32. The molecule has 1 rings (SSSR count). The summed E-state index contributed by atoms with van der Waals surface area (Å²) >= 11 is 5.78. The number of halogens is 1. The van der Waals surface area contributed by atoms with Gasteiger partial charge in [0.1, 0.15) is 5.75 Å². The molecular formula is C12H18ClN3O. The lowest BCUT2D eigenvalue weighted by Gasteiger charge is -2.22. The molecule has 0 aliphatic heterocycles. The number of aromatic nitrogens is 1. The van der Waals surface area contributed by atoms with E-state index in [0.717, 1.165) is 12.8 Å². The number of hydrogen-bond acceptors (Lipinski definition) is 3. The van der Waals surface area contributed by atoms with Gasteiger partial charge in [-0.05, 0) is 12.8 Å². The number of nitrogens with two attached hydrogens (primary N) is 1. The van der Waals surface area contributed by atoms with Crippen LogP contribution in [-0.4, -0.2) is 17.4 Å². The predicted octanol–water partition coefficient (Wildman–Crippen LogP) is 2.86. The highest BCUT2D eigenvalue weighted by molar-refractivity contribution is 6.30. The monoisotopic (exact) mass is 255 g/mol. The van der Waals surface area contributed by atoms with Gasteiger partial charge in [-0.2, -0.15) is 0 Å². The number of nitrogens with zero attached hydrogens (tertiary/aromatic N) is 1. The van der Waals surface area contributed by atoms with Gasteiger partial charge in [0.15, 0.2) is 0 Å². The van der Waals surface area contributed by atoms with E-state index in [-0.39, 0.29) is 11.3 Å². The molecule has 0 amide bonds. The van der Waals surface area contributed by atoms with Crippen LogP contribution in [0.3, 0.4) is 0 Å². The molecule has 17 heavy (non-hydrogen) atoms. The van der Waals surface area contributed by atoms with Crippen LogP contribution in [0.25, 0.3) is 0 Å². The van der Waals surface area contributed by atoms with Crippen molar-refractivity contribution in [1.29, 1.82) is 5.41 Å². The van der Waals surface area contributed by atoms with Gasteiger partial charge in [-0.3, -0.25) is 10.4 Å². The molecule has 94 valence electrons. The average Bonchev–Trinajstić information content (AvgIpc) is 2.24. The molecule has 0 fully saturated rings. The molecule has 0 saturated heterocycles. The summed E-state index contributed by atoms with van der Waals surface area (Å²) in [5.41, 5.74) is 5.23. The minimum atomic E-state index is -0.268. The molecule has 0 aliphatic carbocycles. The van der Waals surface area contributed by atoms with Crippen LogP contribution in [0.2, 0.25) is 5.02 Å². The Kier molecular flexibility index (Phi) is 4.75. The summed E-state index contributed by atoms with van der Waals surface area (Å²) in [6, 6.07) is 1.73. The van der Waals surface area contributed by atoms with Crippen LogP contribution in [0, 0.1) is 10.8 Å². The highest BCUT2D eigenvalue weighted by Crippen LogP contribution is 2.22. The van der Waals surface area contributed by atoms with Crippen molar-refractivity contribution in [3.05, 3.63) is 23.5 Å². The van der Waals surface area contributed by atoms with Crippen LogP contribution in [0.5, 0.6) is 5.75 Å². The van der Waals surface area contributed by atoms with E-state index < -0.39 is 0 Å². The van der Waals surface area contributed by atoms with Gasteiger partial charge in [0, 0.05) is 17.7 Å². The Morgan fingerprint density at radius 3 is 2.82 bits per heavy atom. The molecule has 0 atom stereocenters. The van der Waals surface area contributed by atoms with Crippen LogP contribution >= 0.6 is 11.6 Å². The first kappa shape index (κ1) is 13.8. The quantitative estimate of drug-likeness (QED) is 0.466. The summed E-state index contributed by atoms with van der Waals surface area (Å²) in [4.78, 5) is 3.93. The van der Waals surface area contributed by atoms with Crippen molar-refractivity contribution >= 4 is 17.4 Å². The van der Waals surface area contributed by atoms with Crippen LogP contribution in [-0.2, 0) is 0 Å². The van der Waals surface area contributed by atoms with E-state index >= 15 is 0 Å². The number of pyridine rings is 1. The molecule has 0 bridgehead atoms. The molecule has 1 aromatic heterocycles. The number of amidine groups is 1. The zero-order valence-corrected chi connectivity index (χ0v) is 10.9. The highest BCUT2D eigenvalue weighted by atomic mass is 35.5. The maximum Gasteiger partial charge on any atom is 0.139 e. The summed E-state index contributed by atoms with van der Waals surface area (Å²) in [5.74, 6) is 0.875. The Morgan fingerprint density at radius 2 is 2.24 bits per heavy atom. The third-order valence-corrected chi connectivity index (χ3v) is 2.83. The van der Waals surface area contributed by atoms with E-state index in [4.69, 9.17) is 27.5 Å². The van der Waals surface area contributed by atoms with Gasteiger partial charge < -0.3 is 10.5 Å². The molecule has 0 unspecified atom stereocenters. The summed E-state index contributed by atoms with van der Waals surface area (Å²) in [6.07, 6.45) is 4.84. The molecule has 3 N–H and O–H groups in total. The minimum Gasteiger partial charge on any atom is -0.492 e. The van der Waals surface area contributed by atoms with Crippen molar-refractivity contribution in [2.24, 2.45) is 11.1 Å². The molecular weight excluding hydrogens is 238 g/mol. The van der Waals surface area contributed by atoms with E-state index in [2.05, 4.69) is 4.98 Å². The lowest BCUT2D eigenvalue weighted by Crippen LogP contribution is -2.31. The topological polar surface area (TPSA) is 72.0 Å². The van der Waals surface area contributed by atoms with E-state index in [1.54, 1.807) is 18.5 Å². The molecule has 0 radical (unpaired) electrons. The maximum absolute atomic E-state index is 7.43. The second-order valence-electron chi connectivity index (χ2n) is 4.59. The molecule has 4 nitrogen and oxygen atoms in total. The van der Waals surface area contributed by atoms with E-state index in [9.17, 15) is 0 Å². The summed E-state index contributed by atoms with van der Waals surface area (Å²) in [7, 11) is 0. The lowest BCUT2D eigenvalue weighted by atomic mass is 9.87. The Bertz CT molecular complexity index is 393. The first-order valence-electron chi connectivity index (χ1n) is 5.50. The second kappa shape index (κ2) is 5.87. The number of hydrogen-bond donors (Lipinski definition) is 2. The molecule has 0 aliphatic rings. The number of ether oxygens (including phenoxy) is 1. The van der Waals surface area contributed by atoms with Crippen molar-refractivity contribution in [3.8, 4) is 5.75 Å². The largest absolute Gasteiger partial charge is 0.492 e. The average molecular weight is 256 g/mol. The molecule has 1 aromatic rings. The first-order chi connectivity index (χ1) is 7.92. The fourth-order valence-corrected chi connectivity index (χ4v) is 1.47. The standard InChI is InChI=1S/C12H18ClN3O/c1-12(2,11(14)15)4-3-5-17-10-6-9(13)7-16-8-10/h6-8H,3-5H2,1-2H3,(H3,14,15). The minimum absolute atomic E-state index is 0.210. The van der Waals surface area contributed by atoms with E-state index in [1.807, 2.05) is 13.8 Å². The smallest absolute Gasteiger partial charge is 0.139 e. The molecule has 1 heterocycles. The van der Waals surface area contributed by atoms with Gasteiger partial charge in [-0.1, -0.05) is 25.4 Å². The van der Waals surface area contributed by atoms with Crippen molar-refractivity contribution in [3.63, 3.8) is 0 Å². The second-order valence-corrected chi connectivity index (χ2v) is 5.02. The summed E-state index contributed by atoms with van der Waals surface area (Å²) < 4.78 is 5.50. The Morgan fingerprint density at radius 1 is 1.53 bits per heavy atom. The Labute approximate surface area is 107 Å². The first-order valence-corrected chi connectivity index (χ1v) is 5.87. The molecule has 0 saturated carbocycles. The maximum atomic E-state index is 7.43. The fraction of sp³-hybridized carbons (Fsp3) is 0.500. The van der Waals surface area contributed by atoms with Crippen molar-refractivity contribution in [1.82, 2.24) is 4.98 Å². The normalized spacial score (nSPS) is 11.2.